The van der Waals surface area contributed by atoms with E-state index in [1.807, 2.05) is 17.0 Å². The fourth-order valence-corrected chi connectivity index (χ4v) is 3.08. The van der Waals surface area contributed by atoms with Crippen LogP contribution < -0.4 is 4.90 Å². The summed E-state index contributed by atoms with van der Waals surface area (Å²) in [5.41, 5.74) is 0.620. The molecule has 0 fully saturated rings. The summed E-state index contributed by atoms with van der Waals surface area (Å²) in [6, 6.07) is 3.78. The van der Waals surface area contributed by atoms with Gasteiger partial charge in [-0.25, -0.2) is 4.98 Å². The van der Waals surface area contributed by atoms with Crippen molar-refractivity contribution in [3.63, 3.8) is 0 Å². The SMILES string of the molecule is CCc1nnc2n1CCN(C(=O)c1ccc(N(CC)CC)nc1)C2. The zero-order valence-corrected chi connectivity index (χ0v) is 14.6. The summed E-state index contributed by atoms with van der Waals surface area (Å²) in [7, 11) is 0. The Morgan fingerprint density at radius 2 is 1.96 bits per heavy atom. The molecular weight excluding hydrogens is 304 g/mol. The molecule has 0 spiro atoms. The minimum Gasteiger partial charge on any atom is -0.357 e. The van der Waals surface area contributed by atoms with Crippen molar-refractivity contribution in [3.8, 4) is 0 Å². The predicted octanol–water partition coefficient (Wildman–Crippen LogP) is 1.74. The van der Waals surface area contributed by atoms with E-state index in [1.54, 1.807) is 6.20 Å². The van der Waals surface area contributed by atoms with Gasteiger partial charge in [-0.15, -0.1) is 10.2 Å². The average Bonchev–Trinajstić information content (AvgIpc) is 3.05. The second kappa shape index (κ2) is 6.98. The minimum absolute atomic E-state index is 0.000829. The van der Waals surface area contributed by atoms with E-state index >= 15 is 0 Å². The molecule has 0 saturated carbocycles. The van der Waals surface area contributed by atoms with Crippen molar-refractivity contribution in [2.75, 3.05) is 24.5 Å². The van der Waals surface area contributed by atoms with Crippen LogP contribution in [0, 0.1) is 0 Å². The fraction of sp³-hybridized carbons (Fsp3) is 0.529. The number of anilines is 1. The third-order valence-electron chi connectivity index (χ3n) is 4.52. The lowest BCUT2D eigenvalue weighted by Gasteiger charge is -2.28. The number of rotatable bonds is 5. The third kappa shape index (κ3) is 2.98. The molecule has 128 valence electrons. The van der Waals surface area contributed by atoms with Crippen molar-refractivity contribution in [3.05, 3.63) is 35.5 Å². The number of aryl methyl sites for hydroxylation is 1. The van der Waals surface area contributed by atoms with Crippen molar-refractivity contribution < 1.29 is 4.79 Å². The average molecular weight is 328 g/mol. The summed E-state index contributed by atoms with van der Waals surface area (Å²) < 4.78 is 2.12. The smallest absolute Gasteiger partial charge is 0.255 e. The number of hydrogen-bond donors (Lipinski definition) is 0. The molecule has 0 aromatic carbocycles. The first-order chi connectivity index (χ1) is 11.7. The van der Waals surface area contributed by atoms with Crippen molar-refractivity contribution in [1.29, 1.82) is 0 Å². The van der Waals surface area contributed by atoms with Gasteiger partial charge in [0, 0.05) is 38.8 Å². The Balaban J connectivity index is 1.73. The number of carbonyl (C=O) groups excluding carboxylic acids is 1. The lowest BCUT2D eigenvalue weighted by Crippen LogP contribution is -2.38. The first-order valence-electron chi connectivity index (χ1n) is 8.59. The van der Waals surface area contributed by atoms with Gasteiger partial charge in [-0.1, -0.05) is 6.92 Å². The van der Waals surface area contributed by atoms with Gasteiger partial charge in [0.25, 0.3) is 5.91 Å². The van der Waals surface area contributed by atoms with Gasteiger partial charge in [0.05, 0.1) is 12.1 Å². The molecule has 0 saturated heterocycles. The van der Waals surface area contributed by atoms with Gasteiger partial charge < -0.3 is 14.4 Å². The molecule has 2 aromatic rings. The largest absolute Gasteiger partial charge is 0.357 e. The molecule has 2 aromatic heterocycles. The Morgan fingerprint density at radius 3 is 2.58 bits per heavy atom. The van der Waals surface area contributed by atoms with Crippen LogP contribution in [0.4, 0.5) is 5.82 Å². The number of amides is 1. The Hall–Kier alpha value is -2.44. The lowest BCUT2D eigenvalue weighted by atomic mass is 10.2. The highest BCUT2D eigenvalue weighted by Gasteiger charge is 2.25. The monoisotopic (exact) mass is 328 g/mol. The van der Waals surface area contributed by atoms with Crippen LogP contribution in [0.5, 0.6) is 0 Å². The van der Waals surface area contributed by atoms with Gasteiger partial charge in [0.2, 0.25) is 0 Å². The highest BCUT2D eigenvalue weighted by molar-refractivity contribution is 5.94. The summed E-state index contributed by atoms with van der Waals surface area (Å²) in [5, 5.41) is 8.40. The second-order valence-corrected chi connectivity index (χ2v) is 5.84. The normalized spacial score (nSPS) is 13.7. The molecule has 3 rings (SSSR count). The molecule has 0 aliphatic carbocycles. The number of pyridine rings is 1. The Labute approximate surface area is 142 Å². The van der Waals surface area contributed by atoms with E-state index < -0.39 is 0 Å². The van der Waals surface area contributed by atoms with Gasteiger partial charge in [0.1, 0.15) is 11.6 Å². The molecule has 24 heavy (non-hydrogen) atoms. The number of hydrogen-bond acceptors (Lipinski definition) is 5. The first-order valence-corrected chi connectivity index (χ1v) is 8.59. The summed E-state index contributed by atoms with van der Waals surface area (Å²) in [4.78, 5) is 21.1. The maximum absolute atomic E-state index is 12.7. The molecule has 0 bridgehead atoms. The van der Waals surface area contributed by atoms with Gasteiger partial charge in [-0.3, -0.25) is 4.79 Å². The molecule has 1 aliphatic heterocycles. The van der Waals surface area contributed by atoms with E-state index in [2.05, 4.69) is 45.4 Å². The molecule has 1 amide bonds. The molecule has 1 aliphatic rings. The molecule has 7 nitrogen and oxygen atoms in total. The Kier molecular flexibility index (Phi) is 4.78. The highest BCUT2D eigenvalue weighted by Crippen LogP contribution is 2.17. The van der Waals surface area contributed by atoms with E-state index in [-0.39, 0.29) is 5.91 Å². The van der Waals surface area contributed by atoms with Crippen LogP contribution in [0.1, 0.15) is 42.8 Å². The topological polar surface area (TPSA) is 67.2 Å². The van der Waals surface area contributed by atoms with Crippen LogP contribution in [0.2, 0.25) is 0 Å². The fourth-order valence-electron chi connectivity index (χ4n) is 3.08. The first kappa shape index (κ1) is 16.4. The summed E-state index contributed by atoms with van der Waals surface area (Å²) in [6.45, 7) is 9.99. The molecule has 0 unspecified atom stereocenters. The van der Waals surface area contributed by atoms with Crippen LogP contribution in [0.3, 0.4) is 0 Å². The molecule has 0 N–H and O–H groups in total. The summed E-state index contributed by atoms with van der Waals surface area (Å²) >= 11 is 0. The van der Waals surface area contributed by atoms with Crippen LogP contribution in [-0.4, -0.2) is 50.2 Å². The highest BCUT2D eigenvalue weighted by atomic mass is 16.2. The lowest BCUT2D eigenvalue weighted by molar-refractivity contribution is 0.0706. The number of fused-ring (bicyclic) bond motifs is 1. The van der Waals surface area contributed by atoms with Crippen molar-refractivity contribution in [2.45, 2.75) is 40.3 Å². The maximum atomic E-state index is 12.7. The zero-order chi connectivity index (χ0) is 17.1. The quantitative estimate of drug-likeness (QED) is 0.836. The standard InChI is InChI=1S/C17H24N6O/c1-4-14-19-20-16-12-22(9-10-23(14)16)17(24)13-7-8-15(18-11-13)21(5-2)6-3/h7-8,11H,4-6,9-10,12H2,1-3H3. The van der Waals surface area contributed by atoms with Gasteiger partial charge in [-0.2, -0.15) is 0 Å². The van der Waals surface area contributed by atoms with E-state index in [4.69, 9.17) is 0 Å². The summed E-state index contributed by atoms with van der Waals surface area (Å²) in [6.07, 6.45) is 2.53. The zero-order valence-electron chi connectivity index (χ0n) is 14.6. The van der Waals surface area contributed by atoms with E-state index in [0.29, 0.717) is 18.7 Å². The Bertz CT molecular complexity index is 704. The van der Waals surface area contributed by atoms with Gasteiger partial charge in [-0.05, 0) is 26.0 Å². The summed E-state index contributed by atoms with van der Waals surface area (Å²) in [5.74, 6) is 2.75. The van der Waals surface area contributed by atoms with E-state index in [0.717, 1.165) is 43.5 Å². The predicted molar refractivity (Wildman–Crippen MR) is 91.9 cm³/mol. The molecule has 3 heterocycles. The van der Waals surface area contributed by atoms with Crippen LogP contribution in [0.15, 0.2) is 18.3 Å². The van der Waals surface area contributed by atoms with Crippen molar-refractivity contribution in [1.82, 2.24) is 24.6 Å². The van der Waals surface area contributed by atoms with E-state index in [1.165, 1.54) is 0 Å². The van der Waals surface area contributed by atoms with Crippen LogP contribution in [0.25, 0.3) is 0 Å². The molecule has 7 heteroatoms. The van der Waals surface area contributed by atoms with Crippen LogP contribution >= 0.6 is 0 Å². The minimum atomic E-state index is 0.000829. The number of aromatic nitrogens is 4. The maximum Gasteiger partial charge on any atom is 0.255 e. The second-order valence-electron chi connectivity index (χ2n) is 5.84. The molecular formula is C17H24N6O. The van der Waals surface area contributed by atoms with Crippen LogP contribution in [-0.2, 0) is 19.5 Å². The van der Waals surface area contributed by atoms with Gasteiger partial charge >= 0.3 is 0 Å². The molecule has 0 radical (unpaired) electrons. The number of nitrogens with zero attached hydrogens (tertiary/aromatic N) is 6. The van der Waals surface area contributed by atoms with Crippen molar-refractivity contribution >= 4 is 11.7 Å². The number of carbonyl (C=O) groups is 1. The molecule has 0 atom stereocenters. The third-order valence-corrected chi connectivity index (χ3v) is 4.52. The van der Waals surface area contributed by atoms with E-state index in [9.17, 15) is 4.79 Å². The van der Waals surface area contributed by atoms with Gasteiger partial charge in [0.15, 0.2) is 5.82 Å². The Morgan fingerprint density at radius 1 is 1.17 bits per heavy atom. The van der Waals surface area contributed by atoms with Crippen molar-refractivity contribution in [2.24, 2.45) is 0 Å².